The van der Waals surface area contributed by atoms with E-state index >= 15 is 0 Å². The second-order valence-electron chi connectivity index (χ2n) is 13.6. The van der Waals surface area contributed by atoms with Gasteiger partial charge in [0.15, 0.2) is 0 Å². The molecule has 1 aromatic carbocycles. The Labute approximate surface area is 276 Å². The van der Waals surface area contributed by atoms with Gasteiger partial charge in [-0.15, -0.1) is 5.10 Å². The lowest BCUT2D eigenvalue weighted by Gasteiger charge is -2.61. The van der Waals surface area contributed by atoms with Gasteiger partial charge in [-0.3, -0.25) is 14.7 Å². The van der Waals surface area contributed by atoms with Gasteiger partial charge in [-0.05, 0) is 55.7 Å². The van der Waals surface area contributed by atoms with Crippen LogP contribution in [0.25, 0.3) is 10.9 Å². The van der Waals surface area contributed by atoms with Gasteiger partial charge >= 0.3 is 12.1 Å². The van der Waals surface area contributed by atoms with E-state index < -0.39 is 30.8 Å². The Bertz CT molecular complexity index is 2010. The molecule has 2 bridgehead atoms. The highest BCUT2D eigenvalue weighted by Gasteiger charge is 2.59. The van der Waals surface area contributed by atoms with Crippen molar-refractivity contribution in [2.75, 3.05) is 23.6 Å². The van der Waals surface area contributed by atoms with Gasteiger partial charge in [0.1, 0.15) is 23.9 Å². The molecule has 3 aliphatic rings. The van der Waals surface area contributed by atoms with Crippen LogP contribution in [0.4, 0.5) is 20.6 Å². The van der Waals surface area contributed by atoms with Gasteiger partial charge < -0.3 is 14.8 Å². The number of fused-ring (bicyclic) bond motifs is 1. The number of anilines is 2. The van der Waals surface area contributed by atoms with Crippen LogP contribution in [-0.2, 0) is 19.8 Å². The topological polar surface area (TPSA) is 172 Å². The van der Waals surface area contributed by atoms with E-state index in [0.717, 1.165) is 19.3 Å². The van der Waals surface area contributed by atoms with Gasteiger partial charge in [-0.2, -0.15) is 14.9 Å². The molecule has 3 saturated carbocycles. The Hall–Kier alpha value is -5.63. The molecule has 3 heterocycles. The fourth-order valence-electron chi connectivity index (χ4n) is 6.34. The predicted molar refractivity (Wildman–Crippen MR) is 171 cm³/mol. The molecule has 1 N–H and O–H groups in total. The van der Waals surface area contributed by atoms with Crippen LogP contribution in [0, 0.1) is 46.9 Å². The summed E-state index contributed by atoms with van der Waals surface area (Å²) in [7, 11) is 0. The fraction of sp³-hybridized carbons (Fsp3) is 0.412. The highest BCUT2D eigenvalue weighted by molar-refractivity contribution is 6.01. The molecular formula is C34H34FN9O4. The number of amides is 1. The lowest BCUT2D eigenvalue weighted by atomic mass is 9.50. The molecule has 3 aromatic heterocycles. The average molecular weight is 652 g/mol. The van der Waals surface area contributed by atoms with Crippen LogP contribution >= 0.6 is 0 Å². The van der Waals surface area contributed by atoms with Crippen molar-refractivity contribution in [3.63, 3.8) is 0 Å². The standard InChI is InChI=1S/C34H34FN9O4/c1-19-25(6-7-28(35)40-19)31(27-16-43(42-41-27)34-10-21(11-34)12-34)44(32(46)48-18-47-20(2)45)24-8-22(13-36)29-26(9-24)30(23(14-37)15-38-29)39-17-33(3,4)5/h6-9,15-16,21,31H,10-12,17-18H2,1-5H3,(H,38,39)/t21?,31-,34?/m0/s1. The number of aryl methyl sites for hydroxylation is 1. The number of nitrogens with zero attached hydrogens (tertiary/aromatic N) is 8. The minimum Gasteiger partial charge on any atom is -0.428 e. The number of carbonyl (C=O) groups is 2. The van der Waals surface area contributed by atoms with E-state index in [1.165, 1.54) is 36.2 Å². The minimum absolute atomic E-state index is 0.119. The smallest absolute Gasteiger partial charge is 0.418 e. The van der Waals surface area contributed by atoms with Crippen LogP contribution in [0.15, 0.2) is 36.7 Å². The van der Waals surface area contributed by atoms with E-state index in [4.69, 9.17) is 9.47 Å². The molecule has 0 unspecified atom stereocenters. The van der Waals surface area contributed by atoms with Crippen molar-refractivity contribution in [2.24, 2.45) is 11.3 Å². The van der Waals surface area contributed by atoms with Gasteiger partial charge in [-0.25, -0.2) is 14.5 Å². The fourth-order valence-corrected chi connectivity index (χ4v) is 6.34. The molecule has 246 valence electrons. The van der Waals surface area contributed by atoms with E-state index in [-0.39, 0.29) is 33.5 Å². The van der Waals surface area contributed by atoms with E-state index in [1.54, 1.807) is 19.2 Å². The molecule has 14 heteroatoms. The molecule has 0 saturated heterocycles. The van der Waals surface area contributed by atoms with Crippen LogP contribution in [0.5, 0.6) is 0 Å². The summed E-state index contributed by atoms with van der Waals surface area (Å²) >= 11 is 0. The molecule has 0 radical (unpaired) electrons. The summed E-state index contributed by atoms with van der Waals surface area (Å²) in [5.74, 6) is -0.702. The first-order valence-corrected chi connectivity index (χ1v) is 15.5. The number of carbonyl (C=O) groups excluding carboxylic acids is 2. The first kappa shape index (κ1) is 32.3. The lowest BCUT2D eigenvalue weighted by molar-refractivity contribution is -0.148. The van der Waals surface area contributed by atoms with Crippen molar-refractivity contribution in [3.05, 3.63) is 70.7 Å². The summed E-state index contributed by atoms with van der Waals surface area (Å²) in [6.07, 6.45) is 5.18. The van der Waals surface area contributed by atoms with Gasteiger partial charge in [0.2, 0.25) is 12.7 Å². The van der Waals surface area contributed by atoms with Crippen LogP contribution in [-0.4, -0.2) is 50.4 Å². The maximum absolute atomic E-state index is 14.3. The number of aromatic nitrogens is 5. The number of ether oxygens (including phenoxy) is 2. The monoisotopic (exact) mass is 651 g/mol. The van der Waals surface area contributed by atoms with Crippen molar-refractivity contribution in [3.8, 4) is 12.1 Å². The third-order valence-electron chi connectivity index (χ3n) is 8.84. The molecule has 4 aromatic rings. The van der Waals surface area contributed by atoms with E-state index in [2.05, 4.69) is 37.7 Å². The van der Waals surface area contributed by atoms with E-state index in [1.807, 2.05) is 25.5 Å². The highest BCUT2D eigenvalue weighted by Crippen LogP contribution is 2.62. The number of nitriles is 2. The number of pyridine rings is 2. The van der Waals surface area contributed by atoms with Crippen LogP contribution < -0.4 is 10.2 Å². The van der Waals surface area contributed by atoms with Gasteiger partial charge in [0.25, 0.3) is 0 Å². The van der Waals surface area contributed by atoms with Gasteiger partial charge in [-0.1, -0.05) is 32.1 Å². The number of rotatable bonds is 9. The maximum atomic E-state index is 14.3. The zero-order chi connectivity index (χ0) is 34.4. The molecule has 7 rings (SSSR count). The number of hydrogen-bond acceptors (Lipinski definition) is 11. The average Bonchev–Trinajstić information content (AvgIpc) is 3.45. The summed E-state index contributed by atoms with van der Waals surface area (Å²) in [5.41, 5.74) is 2.04. The van der Waals surface area contributed by atoms with Crippen LogP contribution in [0.3, 0.4) is 0 Å². The Morgan fingerprint density at radius 1 is 1.17 bits per heavy atom. The number of benzene rings is 1. The van der Waals surface area contributed by atoms with Crippen molar-refractivity contribution < 1.29 is 23.5 Å². The summed E-state index contributed by atoms with van der Waals surface area (Å²) < 4.78 is 26.5. The summed E-state index contributed by atoms with van der Waals surface area (Å²) in [6.45, 7) is 8.68. The normalized spacial score (nSPS) is 18.5. The Kier molecular flexibility index (Phi) is 8.21. The first-order chi connectivity index (χ1) is 22.8. The molecule has 1 amide bonds. The summed E-state index contributed by atoms with van der Waals surface area (Å²) in [6, 6.07) is 9.05. The molecular weight excluding hydrogens is 617 g/mol. The van der Waals surface area contributed by atoms with Gasteiger partial charge in [0, 0.05) is 36.3 Å². The number of halogens is 1. The predicted octanol–water partition coefficient (Wildman–Crippen LogP) is 5.63. The molecule has 0 aliphatic heterocycles. The van der Waals surface area contributed by atoms with Crippen molar-refractivity contribution in [2.45, 2.75) is 65.5 Å². The summed E-state index contributed by atoms with van der Waals surface area (Å²) in [4.78, 5) is 35.4. The van der Waals surface area contributed by atoms with Crippen molar-refractivity contribution in [1.82, 2.24) is 25.0 Å². The number of hydrogen-bond donors (Lipinski definition) is 1. The van der Waals surface area contributed by atoms with Gasteiger partial charge in [0.05, 0.1) is 39.8 Å². The van der Waals surface area contributed by atoms with Crippen molar-refractivity contribution in [1.29, 1.82) is 10.5 Å². The molecule has 13 nitrogen and oxygen atoms in total. The molecule has 1 atom stereocenters. The third-order valence-corrected chi connectivity index (χ3v) is 8.84. The maximum Gasteiger partial charge on any atom is 0.418 e. The van der Waals surface area contributed by atoms with Crippen LogP contribution in [0.2, 0.25) is 0 Å². The van der Waals surface area contributed by atoms with E-state index in [9.17, 15) is 24.5 Å². The Balaban J connectivity index is 1.57. The number of esters is 1. The first-order valence-electron chi connectivity index (χ1n) is 15.5. The largest absolute Gasteiger partial charge is 0.428 e. The summed E-state index contributed by atoms with van der Waals surface area (Å²) in [5, 5.41) is 33.0. The molecule has 3 fully saturated rings. The quantitative estimate of drug-likeness (QED) is 0.135. The zero-order valence-electron chi connectivity index (χ0n) is 27.2. The zero-order valence-corrected chi connectivity index (χ0v) is 27.2. The highest BCUT2D eigenvalue weighted by atomic mass is 19.1. The van der Waals surface area contributed by atoms with E-state index in [0.29, 0.717) is 40.3 Å². The second-order valence-corrected chi connectivity index (χ2v) is 13.6. The second kappa shape index (κ2) is 12.2. The molecule has 3 aliphatic carbocycles. The Morgan fingerprint density at radius 2 is 1.90 bits per heavy atom. The lowest BCUT2D eigenvalue weighted by Crippen LogP contribution is -2.59. The molecule has 0 spiro atoms. The number of nitrogens with one attached hydrogen (secondary N) is 1. The van der Waals surface area contributed by atoms with Crippen molar-refractivity contribution >= 4 is 34.3 Å². The van der Waals surface area contributed by atoms with Crippen LogP contribution in [0.1, 0.15) is 81.1 Å². The third kappa shape index (κ3) is 5.97. The molecule has 48 heavy (non-hydrogen) atoms. The minimum atomic E-state index is -1.08. The SMILES string of the molecule is CC(=O)OCOC(=O)N(c1cc(C#N)c2ncc(C#N)c(NCC(C)(C)C)c2c1)[C@H](c1cn(C23CC(C2)C3)nn1)c1ccc(F)nc1C. The Morgan fingerprint density at radius 3 is 2.50 bits per heavy atom.